The topological polar surface area (TPSA) is 21.3 Å². The molecule has 0 fully saturated rings. The van der Waals surface area contributed by atoms with Crippen LogP contribution in [0.15, 0.2) is 6.07 Å². The number of ether oxygens (including phenoxy) is 1. The highest BCUT2D eigenvalue weighted by atomic mass is 32.1. The molecule has 92 valence electrons. The third kappa shape index (κ3) is 5.10. The molecule has 0 aliphatic heterocycles. The van der Waals surface area contributed by atoms with E-state index in [1.165, 1.54) is 15.3 Å². The second kappa shape index (κ2) is 7.05. The summed E-state index contributed by atoms with van der Waals surface area (Å²) >= 11 is 1.87. The Bertz CT molecular complexity index is 307. The van der Waals surface area contributed by atoms with Gasteiger partial charge in [-0.2, -0.15) is 0 Å². The first-order chi connectivity index (χ1) is 7.59. The van der Waals surface area contributed by atoms with Crippen molar-refractivity contribution >= 4 is 11.3 Å². The molecule has 0 spiro atoms. The highest BCUT2D eigenvalue weighted by molar-refractivity contribution is 7.12. The molecule has 0 unspecified atom stereocenters. The quantitative estimate of drug-likeness (QED) is 0.741. The molecule has 1 aromatic rings. The summed E-state index contributed by atoms with van der Waals surface area (Å²) in [5.41, 5.74) is 1.42. The highest BCUT2D eigenvalue weighted by Gasteiger charge is 2.01. The highest BCUT2D eigenvalue weighted by Crippen LogP contribution is 2.19. The molecular weight excluding hydrogens is 218 g/mol. The van der Waals surface area contributed by atoms with Gasteiger partial charge in [-0.05, 0) is 31.4 Å². The van der Waals surface area contributed by atoms with Gasteiger partial charge in [0.1, 0.15) is 0 Å². The summed E-state index contributed by atoms with van der Waals surface area (Å²) in [7, 11) is 0. The molecule has 0 saturated heterocycles. The molecule has 0 atom stereocenters. The lowest BCUT2D eigenvalue weighted by molar-refractivity contribution is 0.111. The van der Waals surface area contributed by atoms with Crippen molar-refractivity contribution in [3.05, 3.63) is 21.4 Å². The third-order valence-electron chi connectivity index (χ3n) is 2.33. The molecule has 0 radical (unpaired) electrons. The van der Waals surface area contributed by atoms with E-state index in [-0.39, 0.29) is 0 Å². The number of thiophene rings is 1. The minimum Gasteiger partial charge on any atom is -0.380 e. The Morgan fingerprint density at radius 1 is 1.38 bits per heavy atom. The minimum atomic E-state index is 0.627. The molecule has 0 bridgehead atoms. The van der Waals surface area contributed by atoms with Crippen LogP contribution in [0.1, 0.15) is 29.2 Å². The lowest BCUT2D eigenvalue weighted by Crippen LogP contribution is -2.20. The van der Waals surface area contributed by atoms with Crippen LogP contribution in [0.5, 0.6) is 0 Å². The predicted octanol–water partition coefficient (Wildman–Crippen LogP) is 3.13. The average molecular weight is 241 g/mol. The van der Waals surface area contributed by atoms with E-state index in [0.29, 0.717) is 5.92 Å². The summed E-state index contributed by atoms with van der Waals surface area (Å²) < 4.78 is 5.51. The molecule has 0 aliphatic carbocycles. The number of hydrogen-bond donors (Lipinski definition) is 1. The number of hydrogen-bond acceptors (Lipinski definition) is 3. The molecule has 2 nitrogen and oxygen atoms in total. The van der Waals surface area contributed by atoms with E-state index in [2.05, 4.69) is 39.1 Å². The van der Waals surface area contributed by atoms with E-state index in [1.54, 1.807) is 0 Å². The van der Waals surface area contributed by atoms with E-state index in [4.69, 9.17) is 4.74 Å². The molecule has 16 heavy (non-hydrogen) atoms. The molecule has 0 amide bonds. The van der Waals surface area contributed by atoms with Gasteiger partial charge in [-0.25, -0.2) is 0 Å². The van der Waals surface area contributed by atoms with Gasteiger partial charge in [0, 0.05) is 29.5 Å². The second-order valence-electron chi connectivity index (χ2n) is 4.58. The molecule has 3 heteroatoms. The van der Waals surface area contributed by atoms with Crippen molar-refractivity contribution in [1.82, 2.24) is 5.32 Å². The van der Waals surface area contributed by atoms with Crippen LogP contribution in [-0.2, 0) is 11.3 Å². The Morgan fingerprint density at radius 3 is 2.69 bits per heavy atom. The number of rotatable bonds is 7. The van der Waals surface area contributed by atoms with Crippen LogP contribution in [0.25, 0.3) is 0 Å². The fourth-order valence-corrected chi connectivity index (χ4v) is 2.49. The largest absolute Gasteiger partial charge is 0.380 e. The van der Waals surface area contributed by atoms with Crippen molar-refractivity contribution < 1.29 is 4.74 Å². The zero-order valence-corrected chi connectivity index (χ0v) is 11.6. The van der Waals surface area contributed by atoms with Gasteiger partial charge < -0.3 is 10.1 Å². The van der Waals surface area contributed by atoms with Gasteiger partial charge in [-0.3, -0.25) is 0 Å². The van der Waals surface area contributed by atoms with Crippen LogP contribution in [0.2, 0.25) is 0 Å². The Hall–Kier alpha value is -0.380. The number of aryl methyl sites for hydroxylation is 2. The molecule has 0 aromatic carbocycles. The molecular formula is C13H23NOS. The van der Waals surface area contributed by atoms with Crippen molar-refractivity contribution in [2.45, 2.75) is 34.2 Å². The van der Waals surface area contributed by atoms with Gasteiger partial charge in [0.05, 0.1) is 6.61 Å². The van der Waals surface area contributed by atoms with Crippen molar-refractivity contribution in [2.75, 3.05) is 19.8 Å². The Kier molecular flexibility index (Phi) is 6.03. The maximum absolute atomic E-state index is 5.51. The number of nitrogens with one attached hydrogen (secondary N) is 1. The predicted molar refractivity (Wildman–Crippen MR) is 71.2 cm³/mol. The Labute approximate surface area is 103 Å². The van der Waals surface area contributed by atoms with Gasteiger partial charge in [0.25, 0.3) is 0 Å². The molecule has 1 aromatic heterocycles. The summed E-state index contributed by atoms with van der Waals surface area (Å²) in [5.74, 6) is 0.627. The SMILES string of the molecule is Cc1cc(CNCCOCC(C)C)c(C)s1. The Morgan fingerprint density at radius 2 is 2.12 bits per heavy atom. The van der Waals surface area contributed by atoms with Crippen molar-refractivity contribution in [1.29, 1.82) is 0 Å². The zero-order valence-electron chi connectivity index (χ0n) is 10.8. The van der Waals surface area contributed by atoms with E-state index < -0.39 is 0 Å². The lowest BCUT2D eigenvalue weighted by Gasteiger charge is -2.07. The maximum Gasteiger partial charge on any atom is 0.0591 e. The van der Waals surface area contributed by atoms with Gasteiger partial charge in [0.15, 0.2) is 0 Å². The zero-order chi connectivity index (χ0) is 12.0. The summed E-state index contributed by atoms with van der Waals surface area (Å²) in [5, 5.41) is 3.41. The van der Waals surface area contributed by atoms with Crippen LogP contribution in [0.4, 0.5) is 0 Å². The van der Waals surface area contributed by atoms with Crippen LogP contribution >= 0.6 is 11.3 Å². The summed E-state index contributed by atoms with van der Waals surface area (Å²) in [4.78, 5) is 2.82. The smallest absolute Gasteiger partial charge is 0.0591 e. The Balaban J connectivity index is 2.09. The second-order valence-corrected chi connectivity index (χ2v) is 6.04. The molecule has 1 heterocycles. The van der Waals surface area contributed by atoms with Crippen LogP contribution in [0.3, 0.4) is 0 Å². The first-order valence-electron chi connectivity index (χ1n) is 5.94. The molecule has 1 rings (SSSR count). The van der Waals surface area contributed by atoms with Crippen LogP contribution < -0.4 is 5.32 Å². The fraction of sp³-hybridized carbons (Fsp3) is 0.692. The van der Waals surface area contributed by atoms with Gasteiger partial charge in [0.2, 0.25) is 0 Å². The van der Waals surface area contributed by atoms with Crippen molar-refractivity contribution in [3.63, 3.8) is 0 Å². The summed E-state index contributed by atoms with van der Waals surface area (Å²) in [6, 6.07) is 2.27. The fourth-order valence-electron chi connectivity index (χ4n) is 1.55. The van der Waals surface area contributed by atoms with E-state index in [9.17, 15) is 0 Å². The van der Waals surface area contributed by atoms with Crippen molar-refractivity contribution in [3.8, 4) is 0 Å². The molecule has 0 saturated carbocycles. The van der Waals surface area contributed by atoms with Gasteiger partial charge in [-0.1, -0.05) is 13.8 Å². The first-order valence-corrected chi connectivity index (χ1v) is 6.75. The standard InChI is InChI=1S/C13H23NOS/c1-10(2)9-15-6-5-14-8-13-7-11(3)16-12(13)4/h7,10,14H,5-6,8-9H2,1-4H3. The van der Waals surface area contributed by atoms with E-state index >= 15 is 0 Å². The van der Waals surface area contributed by atoms with Gasteiger partial charge in [-0.15, -0.1) is 11.3 Å². The summed E-state index contributed by atoms with van der Waals surface area (Å²) in [6.45, 7) is 12.2. The maximum atomic E-state index is 5.51. The summed E-state index contributed by atoms with van der Waals surface area (Å²) in [6.07, 6.45) is 0. The lowest BCUT2D eigenvalue weighted by atomic mass is 10.2. The monoisotopic (exact) mass is 241 g/mol. The molecule has 1 N–H and O–H groups in total. The molecule has 0 aliphatic rings. The van der Waals surface area contributed by atoms with Crippen LogP contribution in [0, 0.1) is 19.8 Å². The van der Waals surface area contributed by atoms with Crippen molar-refractivity contribution in [2.24, 2.45) is 5.92 Å². The average Bonchev–Trinajstić information content (AvgIpc) is 2.50. The minimum absolute atomic E-state index is 0.627. The van der Waals surface area contributed by atoms with E-state index in [0.717, 1.165) is 26.3 Å². The van der Waals surface area contributed by atoms with Gasteiger partial charge >= 0.3 is 0 Å². The first kappa shape index (κ1) is 13.7. The van der Waals surface area contributed by atoms with Crippen LogP contribution in [-0.4, -0.2) is 19.8 Å². The normalized spacial score (nSPS) is 11.3. The van der Waals surface area contributed by atoms with E-state index in [1.807, 2.05) is 11.3 Å². The third-order valence-corrected chi connectivity index (χ3v) is 3.34.